The minimum atomic E-state index is -0.578. The molecule has 8 nitrogen and oxygen atoms in total. The molecular weight excluding hydrogens is 385 g/mol. The predicted molar refractivity (Wildman–Crippen MR) is 92.3 cm³/mol. The summed E-state index contributed by atoms with van der Waals surface area (Å²) in [4.78, 5) is 20.4. The average Bonchev–Trinajstić information content (AvgIpc) is 3.32. The fourth-order valence-electron chi connectivity index (χ4n) is 1.99. The van der Waals surface area contributed by atoms with Gasteiger partial charge in [-0.2, -0.15) is 0 Å². The molecule has 134 valence electrons. The summed E-state index contributed by atoms with van der Waals surface area (Å²) in [5, 5.41) is 19.6. The molecule has 0 fully saturated rings. The summed E-state index contributed by atoms with van der Waals surface area (Å²) in [6.07, 6.45) is 1.45. The monoisotopic (exact) mass is 395 g/mol. The van der Waals surface area contributed by atoms with Crippen molar-refractivity contribution in [2.75, 3.05) is 6.61 Å². The summed E-state index contributed by atoms with van der Waals surface area (Å²) in [7, 11) is 0. The van der Waals surface area contributed by atoms with Gasteiger partial charge < -0.3 is 10.4 Å². The quantitative estimate of drug-likeness (QED) is 0.619. The summed E-state index contributed by atoms with van der Waals surface area (Å²) in [6.45, 7) is -0.461. The SMILES string of the molecule is O=C(NCc1nonc1C(CO)=Nc1ccc(F)c(Cl)c1)c1cncs1. The minimum Gasteiger partial charge on any atom is -0.390 e. The molecule has 1 amide bonds. The molecule has 0 spiro atoms. The molecule has 0 radical (unpaired) electrons. The van der Waals surface area contributed by atoms with E-state index in [4.69, 9.17) is 16.2 Å². The Morgan fingerprint density at radius 1 is 1.42 bits per heavy atom. The molecule has 3 aromatic rings. The third-order valence-corrected chi connectivity index (χ3v) is 4.28. The third-order valence-electron chi connectivity index (χ3n) is 3.22. The van der Waals surface area contributed by atoms with Gasteiger partial charge in [0, 0.05) is 0 Å². The summed E-state index contributed by atoms with van der Waals surface area (Å²) < 4.78 is 17.9. The van der Waals surface area contributed by atoms with Gasteiger partial charge in [-0.3, -0.25) is 9.78 Å². The standard InChI is InChI=1S/C15H11ClFN5O3S/c16-9-3-8(1-2-10(9)17)20-12(6-23)14-11(21-25-22-14)4-19-15(24)13-5-18-7-26-13/h1-3,5,7,23H,4,6H2,(H,19,24). The van der Waals surface area contributed by atoms with Crippen molar-refractivity contribution in [3.63, 3.8) is 0 Å². The number of hydrogen-bond acceptors (Lipinski definition) is 8. The van der Waals surface area contributed by atoms with Crippen LogP contribution in [0.2, 0.25) is 5.02 Å². The lowest BCUT2D eigenvalue weighted by Crippen LogP contribution is -2.23. The van der Waals surface area contributed by atoms with Crippen molar-refractivity contribution in [2.24, 2.45) is 4.99 Å². The second kappa shape index (κ2) is 8.13. The molecule has 2 aromatic heterocycles. The Morgan fingerprint density at radius 2 is 2.27 bits per heavy atom. The minimum absolute atomic E-state index is 0.0127. The largest absolute Gasteiger partial charge is 0.390 e. The van der Waals surface area contributed by atoms with Crippen molar-refractivity contribution >= 4 is 40.2 Å². The van der Waals surface area contributed by atoms with Crippen LogP contribution in [0.4, 0.5) is 10.1 Å². The van der Waals surface area contributed by atoms with Crippen molar-refractivity contribution in [2.45, 2.75) is 6.54 Å². The Morgan fingerprint density at radius 3 is 2.96 bits per heavy atom. The fraction of sp³-hybridized carbons (Fsp3) is 0.133. The van der Waals surface area contributed by atoms with E-state index in [-0.39, 0.29) is 34.6 Å². The molecule has 0 unspecified atom stereocenters. The van der Waals surface area contributed by atoms with E-state index < -0.39 is 12.4 Å². The van der Waals surface area contributed by atoms with E-state index in [0.29, 0.717) is 10.6 Å². The van der Waals surface area contributed by atoms with E-state index in [1.165, 1.54) is 29.7 Å². The third kappa shape index (κ3) is 4.10. The van der Waals surface area contributed by atoms with Gasteiger partial charge in [0.05, 0.1) is 41.3 Å². The molecule has 26 heavy (non-hydrogen) atoms. The number of aliphatic imine (C=N–C) groups is 1. The molecule has 0 bridgehead atoms. The maximum atomic E-state index is 13.2. The number of benzene rings is 1. The second-order valence-corrected chi connectivity index (χ2v) is 6.22. The molecule has 0 saturated carbocycles. The zero-order valence-electron chi connectivity index (χ0n) is 13.0. The molecular formula is C15H11ClFN5O3S. The van der Waals surface area contributed by atoms with E-state index in [0.717, 1.165) is 6.07 Å². The van der Waals surface area contributed by atoms with Gasteiger partial charge in [0.15, 0.2) is 5.69 Å². The van der Waals surface area contributed by atoms with Crippen LogP contribution in [0, 0.1) is 5.82 Å². The van der Waals surface area contributed by atoms with E-state index >= 15 is 0 Å². The van der Waals surface area contributed by atoms with E-state index in [9.17, 15) is 14.3 Å². The highest BCUT2D eigenvalue weighted by Gasteiger charge is 2.18. The number of carbonyl (C=O) groups is 1. The Labute approximate surface area is 155 Å². The number of aliphatic hydroxyl groups is 1. The topological polar surface area (TPSA) is 114 Å². The molecule has 3 rings (SSSR count). The van der Waals surface area contributed by atoms with Gasteiger partial charge in [0.2, 0.25) is 0 Å². The molecule has 0 aliphatic rings. The Bertz CT molecular complexity index is 945. The first-order valence-corrected chi connectivity index (χ1v) is 8.46. The molecule has 11 heteroatoms. The lowest BCUT2D eigenvalue weighted by molar-refractivity contribution is 0.0954. The van der Waals surface area contributed by atoms with Crippen LogP contribution in [0.3, 0.4) is 0 Å². The highest BCUT2D eigenvalue weighted by Crippen LogP contribution is 2.22. The number of rotatable bonds is 6. The van der Waals surface area contributed by atoms with Gasteiger partial charge in [0.25, 0.3) is 5.91 Å². The lowest BCUT2D eigenvalue weighted by atomic mass is 10.2. The van der Waals surface area contributed by atoms with Crippen LogP contribution in [-0.4, -0.2) is 38.6 Å². The number of halogens is 2. The molecule has 2 heterocycles. The first kappa shape index (κ1) is 18.1. The van der Waals surface area contributed by atoms with Crippen LogP contribution in [0.15, 0.2) is 39.5 Å². The molecule has 0 aliphatic heterocycles. The van der Waals surface area contributed by atoms with Gasteiger partial charge in [-0.25, -0.2) is 14.0 Å². The first-order chi connectivity index (χ1) is 12.6. The van der Waals surface area contributed by atoms with Gasteiger partial charge in [-0.15, -0.1) is 11.3 Å². The number of hydrogen-bond donors (Lipinski definition) is 2. The van der Waals surface area contributed by atoms with E-state index in [2.05, 4.69) is 25.6 Å². The van der Waals surface area contributed by atoms with Crippen LogP contribution >= 0.6 is 22.9 Å². The molecule has 0 saturated heterocycles. The van der Waals surface area contributed by atoms with Crippen LogP contribution in [-0.2, 0) is 6.54 Å². The van der Waals surface area contributed by atoms with Gasteiger partial charge in [-0.1, -0.05) is 16.8 Å². The van der Waals surface area contributed by atoms with Crippen molar-refractivity contribution < 1.29 is 18.9 Å². The number of nitrogens with zero attached hydrogens (tertiary/aromatic N) is 4. The maximum Gasteiger partial charge on any atom is 0.263 e. The number of nitrogens with one attached hydrogen (secondary N) is 1. The average molecular weight is 396 g/mol. The normalized spacial score (nSPS) is 11.6. The van der Waals surface area contributed by atoms with Crippen LogP contribution in [0.5, 0.6) is 0 Å². The highest BCUT2D eigenvalue weighted by molar-refractivity contribution is 7.11. The Kier molecular flexibility index (Phi) is 5.66. The lowest BCUT2D eigenvalue weighted by Gasteiger charge is -2.04. The van der Waals surface area contributed by atoms with Crippen LogP contribution < -0.4 is 5.32 Å². The summed E-state index contributed by atoms with van der Waals surface area (Å²) >= 11 is 6.92. The highest BCUT2D eigenvalue weighted by atomic mass is 35.5. The summed E-state index contributed by atoms with van der Waals surface area (Å²) in [6, 6.07) is 3.87. The predicted octanol–water partition coefficient (Wildman–Crippen LogP) is 2.36. The molecule has 2 N–H and O–H groups in total. The molecule has 0 aliphatic carbocycles. The zero-order chi connectivity index (χ0) is 18.5. The van der Waals surface area contributed by atoms with Crippen LogP contribution in [0.25, 0.3) is 0 Å². The van der Waals surface area contributed by atoms with Gasteiger partial charge in [0.1, 0.15) is 16.4 Å². The van der Waals surface area contributed by atoms with Crippen LogP contribution in [0.1, 0.15) is 21.1 Å². The summed E-state index contributed by atoms with van der Waals surface area (Å²) in [5.74, 6) is -0.903. The van der Waals surface area contributed by atoms with Gasteiger partial charge >= 0.3 is 0 Å². The molecule has 1 aromatic carbocycles. The number of aromatic nitrogens is 3. The second-order valence-electron chi connectivity index (χ2n) is 4.92. The first-order valence-electron chi connectivity index (χ1n) is 7.20. The number of aliphatic hydroxyl groups excluding tert-OH is 1. The van der Waals surface area contributed by atoms with Crippen molar-refractivity contribution in [1.82, 2.24) is 20.6 Å². The maximum absolute atomic E-state index is 13.2. The Balaban J connectivity index is 1.79. The van der Waals surface area contributed by atoms with Crippen molar-refractivity contribution in [1.29, 1.82) is 0 Å². The Hall–Kier alpha value is -2.69. The van der Waals surface area contributed by atoms with E-state index in [1.807, 2.05) is 0 Å². The number of amides is 1. The number of thiazole rings is 1. The van der Waals surface area contributed by atoms with Gasteiger partial charge in [-0.05, 0) is 23.4 Å². The summed E-state index contributed by atoms with van der Waals surface area (Å²) in [5.41, 5.74) is 2.46. The number of carbonyl (C=O) groups excluding carboxylic acids is 1. The smallest absolute Gasteiger partial charge is 0.263 e. The van der Waals surface area contributed by atoms with E-state index in [1.54, 1.807) is 5.51 Å². The van der Waals surface area contributed by atoms with Crippen molar-refractivity contribution in [3.05, 3.63) is 57.0 Å². The fourth-order valence-corrected chi connectivity index (χ4v) is 2.71. The van der Waals surface area contributed by atoms with Crippen molar-refractivity contribution in [3.8, 4) is 0 Å². The molecule has 0 atom stereocenters. The zero-order valence-corrected chi connectivity index (χ0v) is 14.6.